The minimum Gasteiger partial charge on any atom is -0.365 e. The van der Waals surface area contributed by atoms with E-state index >= 15 is 0 Å². The van der Waals surface area contributed by atoms with Gasteiger partial charge in [-0.25, -0.2) is 9.89 Å². The van der Waals surface area contributed by atoms with Gasteiger partial charge in [0, 0.05) is 6.04 Å². The lowest BCUT2D eigenvalue weighted by Gasteiger charge is -2.30. The van der Waals surface area contributed by atoms with Gasteiger partial charge >= 0.3 is 5.69 Å². The van der Waals surface area contributed by atoms with Crippen LogP contribution in [0.1, 0.15) is 38.3 Å². The van der Waals surface area contributed by atoms with Crippen LogP contribution in [0.3, 0.4) is 0 Å². The van der Waals surface area contributed by atoms with E-state index in [0.29, 0.717) is 17.8 Å². The molecule has 16 heavy (non-hydrogen) atoms. The molecule has 1 aromatic heterocycles. The van der Waals surface area contributed by atoms with Crippen LogP contribution in [-0.2, 0) is 0 Å². The van der Waals surface area contributed by atoms with Crippen molar-refractivity contribution in [1.29, 1.82) is 0 Å². The summed E-state index contributed by atoms with van der Waals surface area (Å²) in [4.78, 5) is 15.0. The highest BCUT2D eigenvalue weighted by Gasteiger charge is 2.22. The molecule has 1 fully saturated rings. The first-order valence-corrected chi connectivity index (χ1v) is 5.86. The Balaban J connectivity index is 2.13. The number of hydrogen-bond acceptors (Lipinski definition) is 4. The fourth-order valence-corrected chi connectivity index (χ4v) is 2.24. The monoisotopic (exact) mass is 222 g/mol. The van der Waals surface area contributed by atoms with E-state index in [0.717, 1.165) is 12.1 Å². The predicted molar refractivity (Wildman–Crippen MR) is 62.4 cm³/mol. The highest BCUT2D eigenvalue weighted by Crippen LogP contribution is 2.26. The number of nitrogens with zero attached hydrogens (tertiary/aromatic N) is 2. The summed E-state index contributed by atoms with van der Waals surface area (Å²) in [5, 5.41) is 9.58. The highest BCUT2D eigenvalue weighted by molar-refractivity contribution is 5.38. The quantitative estimate of drug-likeness (QED) is 0.794. The third-order valence-electron chi connectivity index (χ3n) is 3.31. The number of hydrogen-bond donors (Lipinski definition) is 2. The van der Waals surface area contributed by atoms with Crippen LogP contribution in [0.5, 0.6) is 0 Å². The van der Waals surface area contributed by atoms with E-state index in [1.807, 2.05) is 6.92 Å². The lowest BCUT2D eigenvalue weighted by Crippen LogP contribution is -2.32. The van der Waals surface area contributed by atoms with Gasteiger partial charge in [0.25, 0.3) is 0 Å². The summed E-state index contributed by atoms with van der Waals surface area (Å²) >= 11 is 0. The van der Waals surface area contributed by atoms with Crippen molar-refractivity contribution in [3.8, 4) is 0 Å². The molecule has 0 aliphatic heterocycles. The first-order valence-electron chi connectivity index (χ1n) is 5.86. The van der Waals surface area contributed by atoms with Crippen LogP contribution in [0, 0.1) is 12.8 Å². The Kier molecular flexibility index (Phi) is 3.22. The molecule has 1 aliphatic carbocycles. The Bertz CT molecular complexity index is 415. The molecular weight excluding hydrogens is 204 g/mol. The summed E-state index contributed by atoms with van der Waals surface area (Å²) < 4.78 is 0. The molecule has 88 valence electrons. The van der Waals surface area contributed by atoms with Crippen LogP contribution in [0.4, 0.5) is 5.82 Å². The molecule has 0 aromatic carbocycles. The van der Waals surface area contributed by atoms with Gasteiger partial charge in [-0.1, -0.05) is 19.8 Å². The Hall–Kier alpha value is -1.39. The summed E-state index contributed by atoms with van der Waals surface area (Å²) in [5.74, 6) is 1.26. The Morgan fingerprint density at radius 3 is 2.88 bits per heavy atom. The molecule has 5 heteroatoms. The van der Waals surface area contributed by atoms with E-state index in [4.69, 9.17) is 0 Å². The van der Waals surface area contributed by atoms with Gasteiger partial charge < -0.3 is 5.32 Å². The van der Waals surface area contributed by atoms with Gasteiger partial charge in [-0.05, 0) is 25.7 Å². The van der Waals surface area contributed by atoms with E-state index < -0.39 is 5.69 Å². The van der Waals surface area contributed by atoms with E-state index in [2.05, 4.69) is 27.4 Å². The van der Waals surface area contributed by atoms with Gasteiger partial charge in [-0.2, -0.15) is 10.1 Å². The van der Waals surface area contributed by atoms with Crippen molar-refractivity contribution in [2.45, 2.75) is 45.6 Å². The maximum atomic E-state index is 11.1. The normalized spacial score (nSPS) is 25.4. The number of aryl methyl sites for hydroxylation is 1. The molecule has 1 aliphatic rings. The van der Waals surface area contributed by atoms with Gasteiger partial charge in [-0.15, -0.1) is 0 Å². The van der Waals surface area contributed by atoms with Gasteiger partial charge in [-0.3, -0.25) is 0 Å². The molecule has 0 spiro atoms. The van der Waals surface area contributed by atoms with Crippen LogP contribution >= 0.6 is 0 Å². The molecule has 2 rings (SSSR count). The first kappa shape index (κ1) is 11.1. The fraction of sp³-hybridized carbons (Fsp3) is 0.727. The van der Waals surface area contributed by atoms with Crippen molar-refractivity contribution in [1.82, 2.24) is 15.2 Å². The van der Waals surface area contributed by atoms with Crippen LogP contribution in [0.15, 0.2) is 4.79 Å². The largest absolute Gasteiger partial charge is 0.365 e. The summed E-state index contributed by atoms with van der Waals surface area (Å²) in [6, 6.07) is 0.420. The van der Waals surface area contributed by atoms with Crippen molar-refractivity contribution in [2.24, 2.45) is 5.92 Å². The smallest absolute Gasteiger partial charge is 0.363 e. The summed E-state index contributed by atoms with van der Waals surface area (Å²) in [6.07, 6.45) is 4.94. The van der Waals surface area contributed by atoms with Gasteiger partial charge in [0.15, 0.2) is 5.82 Å². The second-order valence-corrected chi connectivity index (χ2v) is 4.59. The molecule has 0 bridgehead atoms. The minimum absolute atomic E-state index is 0.392. The van der Waals surface area contributed by atoms with E-state index in [1.165, 1.54) is 19.3 Å². The number of rotatable bonds is 2. The lowest BCUT2D eigenvalue weighted by atomic mass is 9.86. The van der Waals surface area contributed by atoms with Crippen molar-refractivity contribution >= 4 is 5.82 Å². The van der Waals surface area contributed by atoms with Gasteiger partial charge in [0.2, 0.25) is 0 Å². The number of aromatic nitrogens is 3. The highest BCUT2D eigenvalue weighted by atomic mass is 16.1. The first-order chi connectivity index (χ1) is 7.66. The van der Waals surface area contributed by atoms with Gasteiger partial charge in [0.1, 0.15) is 5.69 Å². The van der Waals surface area contributed by atoms with Crippen LogP contribution in [-0.4, -0.2) is 21.2 Å². The number of H-pyrrole nitrogens is 1. The minimum atomic E-state index is -0.392. The predicted octanol–water partition coefficient (Wildman–Crippen LogP) is 1.46. The average Bonchev–Trinajstić information content (AvgIpc) is 2.27. The average molecular weight is 222 g/mol. The molecular formula is C11H18N4O. The third kappa shape index (κ3) is 2.40. The molecule has 5 nitrogen and oxygen atoms in total. The zero-order chi connectivity index (χ0) is 11.5. The maximum Gasteiger partial charge on any atom is 0.363 e. The zero-order valence-corrected chi connectivity index (χ0v) is 9.79. The standard InChI is InChI=1S/C11H18N4O/c1-7-5-3-4-6-9(7)12-10-8(2)14-15-11(16)13-10/h7,9H,3-6H2,1-2H3,(H2,12,13,15,16). The summed E-state index contributed by atoms with van der Waals surface area (Å²) in [7, 11) is 0. The molecule has 2 atom stereocenters. The van der Waals surface area contributed by atoms with E-state index in [9.17, 15) is 4.79 Å². The SMILES string of the molecule is Cc1n[nH]c(=O)nc1NC1CCCCC1C. The number of aromatic amines is 1. The van der Waals surface area contributed by atoms with Crippen molar-refractivity contribution < 1.29 is 0 Å². The topological polar surface area (TPSA) is 70.7 Å². The molecule has 2 unspecified atom stereocenters. The maximum absolute atomic E-state index is 11.1. The Morgan fingerprint density at radius 1 is 1.38 bits per heavy atom. The fourth-order valence-electron chi connectivity index (χ4n) is 2.24. The van der Waals surface area contributed by atoms with Crippen LogP contribution in [0.25, 0.3) is 0 Å². The molecule has 1 saturated carbocycles. The second kappa shape index (κ2) is 4.63. The van der Waals surface area contributed by atoms with Crippen molar-refractivity contribution in [2.75, 3.05) is 5.32 Å². The number of nitrogens with one attached hydrogen (secondary N) is 2. The molecule has 1 aromatic rings. The number of anilines is 1. The van der Waals surface area contributed by atoms with Gasteiger partial charge in [0.05, 0.1) is 0 Å². The molecule has 0 saturated heterocycles. The second-order valence-electron chi connectivity index (χ2n) is 4.59. The summed E-state index contributed by atoms with van der Waals surface area (Å²) in [6.45, 7) is 4.09. The van der Waals surface area contributed by atoms with Crippen molar-refractivity contribution in [3.63, 3.8) is 0 Å². The zero-order valence-electron chi connectivity index (χ0n) is 9.79. The molecule has 0 amide bonds. The third-order valence-corrected chi connectivity index (χ3v) is 3.31. The van der Waals surface area contributed by atoms with Crippen LogP contribution < -0.4 is 11.0 Å². The van der Waals surface area contributed by atoms with Crippen molar-refractivity contribution in [3.05, 3.63) is 16.2 Å². The van der Waals surface area contributed by atoms with E-state index in [-0.39, 0.29) is 0 Å². The Labute approximate surface area is 94.7 Å². The van der Waals surface area contributed by atoms with E-state index in [1.54, 1.807) is 0 Å². The Morgan fingerprint density at radius 2 is 2.12 bits per heavy atom. The van der Waals surface area contributed by atoms with Crippen LogP contribution in [0.2, 0.25) is 0 Å². The summed E-state index contributed by atoms with van der Waals surface area (Å²) in [5.41, 5.74) is 0.355. The molecule has 0 radical (unpaired) electrons. The molecule has 2 N–H and O–H groups in total. The lowest BCUT2D eigenvalue weighted by molar-refractivity contribution is 0.348. The molecule has 1 heterocycles.